The third-order valence-electron chi connectivity index (χ3n) is 4.95. The number of benzene rings is 1. The Morgan fingerprint density at radius 1 is 1.21 bits per heavy atom. The molecular weight excluding hydrogens is 354 g/mol. The third-order valence-corrected chi connectivity index (χ3v) is 4.95. The van der Waals surface area contributed by atoms with Crippen LogP contribution < -0.4 is 5.32 Å². The first-order valence-corrected chi connectivity index (χ1v) is 9.68. The van der Waals surface area contributed by atoms with Crippen molar-refractivity contribution >= 4 is 22.8 Å². The van der Waals surface area contributed by atoms with E-state index in [2.05, 4.69) is 39.3 Å². The van der Waals surface area contributed by atoms with Gasteiger partial charge in [-0.15, -0.1) is 0 Å². The van der Waals surface area contributed by atoms with E-state index in [1.54, 1.807) is 6.92 Å². The van der Waals surface area contributed by atoms with Crippen LogP contribution >= 0.6 is 0 Å². The quantitative estimate of drug-likeness (QED) is 0.460. The highest BCUT2D eigenvalue weighted by Gasteiger charge is 2.24. The topological polar surface area (TPSA) is 76.1 Å². The molecule has 0 spiro atoms. The molecule has 148 valence electrons. The Balaban J connectivity index is 1.64. The van der Waals surface area contributed by atoms with Crippen molar-refractivity contribution in [3.05, 3.63) is 59.0 Å². The largest absolute Gasteiger partial charge is 0.465 e. The molecule has 0 atom stereocenters. The van der Waals surface area contributed by atoms with Crippen molar-refractivity contribution in [1.29, 1.82) is 0 Å². The monoisotopic (exact) mass is 381 g/mol. The summed E-state index contributed by atoms with van der Waals surface area (Å²) < 4.78 is 7.07. The summed E-state index contributed by atoms with van der Waals surface area (Å²) in [4.78, 5) is 27.9. The van der Waals surface area contributed by atoms with Gasteiger partial charge in [-0.25, -0.2) is 4.79 Å². The zero-order chi connectivity index (χ0) is 20.1. The highest BCUT2D eigenvalue weighted by Crippen LogP contribution is 2.22. The molecule has 0 saturated carbocycles. The van der Waals surface area contributed by atoms with Crippen molar-refractivity contribution < 1.29 is 14.3 Å². The minimum Gasteiger partial charge on any atom is -0.465 e. The Morgan fingerprint density at radius 3 is 2.75 bits per heavy atom. The first kappa shape index (κ1) is 19.7. The maximum atomic E-state index is 12.7. The predicted molar refractivity (Wildman–Crippen MR) is 110 cm³/mol. The Hall–Kier alpha value is -3.02. The van der Waals surface area contributed by atoms with Crippen molar-refractivity contribution in [2.45, 2.75) is 39.7 Å². The Labute approximate surface area is 164 Å². The fourth-order valence-electron chi connectivity index (χ4n) is 3.62. The number of nitrogens with zero attached hydrogens (tertiary/aromatic N) is 1. The van der Waals surface area contributed by atoms with Gasteiger partial charge in [0.2, 0.25) is 0 Å². The van der Waals surface area contributed by atoms with Crippen molar-refractivity contribution in [3.63, 3.8) is 0 Å². The van der Waals surface area contributed by atoms with Gasteiger partial charge < -0.3 is 19.6 Å². The van der Waals surface area contributed by atoms with Gasteiger partial charge in [-0.1, -0.05) is 31.5 Å². The van der Waals surface area contributed by atoms with Gasteiger partial charge in [-0.2, -0.15) is 0 Å². The van der Waals surface area contributed by atoms with E-state index in [9.17, 15) is 9.59 Å². The zero-order valence-corrected chi connectivity index (χ0v) is 16.7. The normalized spacial score (nSPS) is 11.0. The lowest BCUT2D eigenvalue weighted by molar-refractivity contribution is 0.0599. The minimum absolute atomic E-state index is 0.181. The average Bonchev–Trinajstić information content (AvgIpc) is 3.26. The lowest BCUT2D eigenvalue weighted by Crippen LogP contribution is -2.26. The van der Waals surface area contributed by atoms with Crippen molar-refractivity contribution in [2.24, 2.45) is 0 Å². The number of aromatic nitrogens is 2. The molecule has 0 aliphatic rings. The molecule has 2 aromatic heterocycles. The van der Waals surface area contributed by atoms with E-state index in [4.69, 9.17) is 4.74 Å². The van der Waals surface area contributed by atoms with Gasteiger partial charge in [0.25, 0.3) is 5.91 Å². The molecule has 0 fully saturated rings. The number of rotatable bonds is 8. The summed E-state index contributed by atoms with van der Waals surface area (Å²) >= 11 is 0. The number of ether oxygens (including phenoxy) is 1. The van der Waals surface area contributed by atoms with Gasteiger partial charge in [0, 0.05) is 30.5 Å². The number of fused-ring (bicyclic) bond motifs is 1. The van der Waals surface area contributed by atoms with Gasteiger partial charge in [0.15, 0.2) is 0 Å². The van der Waals surface area contributed by atoms with E-state index < -0.39 is 5.97 Å². The molecule has 3 aromatic rings. The maximum absolute atomic E-state index is 12.7. The molecule has 3 rings (SSSR count). The Bertz CT molecular complexity index is 984. The number of carbonyl (C=O) groups excluding carboxylic acids is 2. The Morgan fingerprint density at radius 2 is 2.00 bits per heavy atom. The van der Waals surface area contributed by atoms with Crippen LogP contribution in [0, 0.1) is 6.92 Å². The number of hydrogen-bond acceptors (Lipinski definition) is 3. The van der Waals surface area contributed by atoms with Crippen LogP contribution in [0.4, 0.5) is 0 Å². The van der Waals surface area contributed by atoms with E-state index >= 15 is 0 Å². The van der Waals surface area contributed by atoms with Crippen LogP contribution in [-0.4, -0.2) is 35.1 Å². The van der Waals surface area contributed by atoms with E-state index in [1.807, 2.05) is 19.1 Å². The van der Waals surface area contributed by atoms with Crippen LogP contribution in [0.15, 0.2) is 36.5 Å². The summed E-state index contributed by atoms with van der Waals surface area (Å²) in [5, 5.41) is 4.19. The number of methoxy groups -OCH3 is 1. The van der Waals surface area contributed by atoms with Gasteiger partial charge in [0.05, 0.1) is 12.7 Å². The molecule has 2 heterocycles. The highest BCUT2D eigenvalue weighted by molar-refractivity contribution is 6.00. The number of aryl methyl sites for hydroxylation is 2. The number of aromatic amines is 1. The number of nitrogens with one attached hydrogen (secondary N) is 2. The molecule has 0 unspecified atom stereocenters. The fraction of sp³-hybridized carbons (Fsp3) is 0.364. The molecular formula is C22H27N3O3. The van der Waals surface area contributed by atoms with Crippen LogP contribution in [0.5, 0.6) is 0 Å². The summed E-state index contributed by atoms with van der Waals surface area (Å²) in [6.07, 6.45) is 4.37. The van der Waals surface area contributed by atoms with Gasteiger partial charge in [0.1, 0.15) is 5.69 Å². The molecule has 6 heteroatoms. The lowest BCUT2D eigenvalue weighted by atomic mass is 10.0. The maximum Gasteiger partial charge on any atom is 0.339 e. The van der Waals surface area contributed by atoms with Crippen LogP contribution in [0.3, 0.4) is 0 Å². The number of esters is 1. The summed E-state index contributed by atoms with van der Waals surface area (Å²) in [5.41, 5.74) is 3.54. The molecule has 2 N–H and O–H groups in total. The smallest absolute Gasteiger partial charge is 0.339 e. The predicted octanol–water partition coefficient (Wildman–Crippen LogP) is 3.84. The van der Waals surface area contributed by atoms with E-state index in [0.717, 1.165) is 24.9 Å². The third kappa shape index (κ3) is 3.96. The molecule has 0 bridgehead atoms. The second kappa shape index (κ2) is 8.78. The first-order valence-electron chi connectivity index (χ1n) is 9.68. The number of H-pyrrole nitrogens is 1. The first-order chi connectivity index (χ1) is 13.6. The van der Waals surface area contributed by atoms with Crippen molar-refractivity contribution in [2.75, 3.05) is 13.7 Å². The van der Waals surface area contributed by atoms with Crippen LogP contribution in [0.25, 0.3) is 10.9 Å². The summed E-state index contributed by atoms with van der Waals surface area (Å²) in [6.45, 7) is 5.20. The SMILES string of the molecule is CCCc1c(C(=O)NCCCn2ccc3ccccc32)[nH]c(C)c1C(=O)OC. The number of para-hydroxylation sites is 1. The second-order valence-corrected chi connectivity index (χ2v) is 6.90. The second-order valence-electron chi connectivity index (χ2n) is 6.90. The van der Waals surface area contributed by atoms with Gasteiger partial charge >= 0.3 is 5.97 Å². The summed E-state index contributed by atoms with van der Waals surface area (Å²) in [5.74, 6) is -0.588. The van der Waals surface area contributed by atoms with Crippen LogP contribution in [0.1, 0.15) is 51.9 Å². The molecule has 6 nitrogen and oxygen atoms in total. The van der Waals surface area contributed by atoms with E-state index in [1.165, 1.54) is 18.0 Å². The molecule has 28 heavy (non-hydrogen) atoms. The van der Waals surface area contributed by atoms with Crippen molar-refractivity contribution in [1.82, 2.24) is 14.9 Å². The molecule has 0 aliphatic carbocycles. The summed E-state index contributed by atoms with van der Waals surface area (Å²) in [7, 11) is 1.36. The number of amides is 1. The highest BCUT2D eigenvalue weighted by atomic mass is 16.5. The van der Waals surface area contributed by atoms with Gasteiger partial charge in [-0.3, -0.25) is 4.79 Å². The molecule has 1 aromatic carbocycles. The average molecular weight is 381 g/mol. The molecule has 0 saturated heterocycles. The van der Waals surface area contributed by atoms with E-state index in [0.29, 0.717) is 29.9 Å². The van der Waals surface area contributed by atoms with Crippen LogP contribution in [0.2, 0.25) is 0 Å². The molecule has 0 aliphatic heterocycles. The molecule has 1 amide bonds. The standard InChI is InChI=1S/C22H27N3O3/c1-4-8-17-19(22(27)28-3)15(2)24-20(17)21(26)23-12-7-13-25-14-11-16-9-5-6-10-18(16)25/h5-6,9-11,14,24H,4,7-8,12-13H2,1-3H3,(H,23,26). The molecule has 0 radical (unpaired) electrons. The zero-order valence-electron chi connectivity index (χ0n) is 16.7. The number of hydrogen-bond donors (Lipinski definition) is 2. The fourth-order valence-corrected chi connectivity index (χ4v) is 3.62. The lowest BCUT2D eigenvalue weighted by Gasteiger charge is -2.08. The van der Waals surface area contributed by atoms with Crippen LogP contribution in [-0.2, 0) is 17.7 Å². The Kier molecular flexibility index (Phi) is 6.19. The summed E-state index contributed by atoms with van der Waals surface area (Å²) in [6, 6.07) is 10.3. The van der Waals surface area contributed by atoms with Gasteiger partial charge in [-0.05, 0) is 42.8 Å². The minimum atomic E-state index is -0.407. The van der Waals surface area contributed by atoms with Crippen molar-refractivity contribution in [3.8, 4) is 0 Å². The van der Waals surface area contributed by atoms with E-state index in [-0.39, 0.29) is 5.91 Å². The number of carbonyl (C=O) groups is 2.